The summed E-state index contributed by atoms with van der Waals surface area (Å²) < 4.78 is 73.7. The number of alkyl halides is 3. The summed E-state index contributed by atoms with van der Waals surface area (Å²) in [5, 5.41) is 10.8. The van der Waals surface area contributed by atoms with Crippen LogP contribution in [0.5, 0.6) is 11.5 Å². The van der Waals surface area contributed by atoms with Gasteiger partial charge in [0.25, 0.3) is 11.6 Å². The number of rotatable bonds is 7. The standard InChI is InChI=1S/C21H21F3N2O7S/c1-12(21(22,23)24)33-16-8-9-17(34(3,30)31)19(32-2)18(16)20(27)25-10-14(11-25)13-4-6-15(7-5-13)26(28)29/h4-9,12,14H,10-11H2,1-3H3/t12-/m0/s1. The molecule has 3 rings (SSSR count). The highest BCUT2D eigenvalue weighted by molar-refractivity contribution is 7.90. The van der Waals surface area contributed by atoms with Crippen molar-refractivity contribution >= 4 is 21.4 Å². The monoisotopic (exact) mass is 502 g/mol. The average Bonchev–Trinajstić information content (AvgIpc) is 2.70. The maximum atomic E-state index is 13.3. The van der Waals surface area contributed by atoms with Gasteiger partial charge in [-0.15, -0.1) is 0 Å². The number of non-ortho nitro benzene ring substituents is 1. The van der Waals surface area contributed by atoms with Gasteiger partial charge in [0.15, 0.2) is 21.7 Å². The van der Waals surface area contributed by atoms with E-state index in [-0.39, 0.29) is 29.6 Å². The van der Waals surface area contributed by atoms with Crippen LogP contribution in [-0.4, -0.2) is 62.9 Å². The minimum Gasteiger partial charge on any atom is -0.494 e. The lowest BCUT2D eigenvalue weighted by molar-refractivity contribution is -0.384. The van der Waals surface area contributed by atoms with Crippen molar-refractivity contribution in [2.24, 2.45) is 0 Å². The predicted molar refractivity (Wildman–Crippen MR) is 114 cm³/mol. The number of nitrogens with zero attached hydrogens (tertiary/aromatic N) is 2. The minimum absolute atomic E-state index is 0.0843. The number of likely N-dealkylation sites (tertiary alicyclic amines) is 1. The number of hydrogen-bond donors (Lipinski definition) is 0. The van der Waals surface area contributed by atoms with Gasteiger partial charge >= 0.3 is 6.18 Å². The molecule has 34 heavy (non-hydrogen) atoms. The molecular weight excluding hydrogens is 481 g/mol. The van der Waals surface area contributed by atoms with Gasteiger partial charge in [0.05, 0.1) is 12.0 Å². The molecule has 2 aromatic carbocycles. The fourth-order valence-corrected chi connectivity index (χ4v) is 4.32. The van der Waals surface area contributed by atoms with Gasteiger partial charge in [-0.25, -0.2) is 8.42 Å². The van der Waals surface area contributed by atoms with Crippen molar-refractivity contribution in [3.05, 3.63) is 57.6 Å². The Hall–Kier alpha value is -3.35. The zero-order chi connectivity index (χ0) is 25.4. The van der Waals surface area contributed by atoms with Crippen molar-refractivity contribution in [3.63, 3.8) is 0 Å². The smallest absolute Gasteiger partial charge is 0.425 e. The van der Waals surface area contributed by atoms with Gasteiger partial charge < -0.3 is 14.4 Å². The molecule has 2 aromatic rings. The molecule has 184 valence electrons. The highest BCUT2D eigenvalue weighted by atomic mass is 32.2. The molecule has 1 aliphatic heterocycles. The van der Waals surface area contributed by atoms with Crippen molar-refractivity contribution in [1.82, 2.24) is 4.90 Å². The Labute approximate surface area is 193 Å². The van der Waals surface area contributed by atoms with Crippen molar-refractivity contribution < 1.29 is 40.8 Å². The van der Waals surface area contributed by atoms with Crippen LogP contribution in [0.2, 0.25) is 0 Å². The molecule has 0 saturated carbocycles. The van der Waals surface area contributed by atoms with E-state index in [0.29, 0.717) is 0 Å². The molecule has 0 spiro atoms. The molecule has 1 heterocycles. The fourth-order valence-electron chi connectivity index (χ4n) is 3.48. The summed E-state index contributed by atoms with van der Waals surface area (Å²) in [6, 6.07) is 7.83. The van der Waals surface area contributed by atoms with Gasteiger partial charge in [0.2, 0.25) is 0 Å². The molecule has 0 bridgehead atoms. The SMILES string of the molecule is COc1c(S(C)(=O)=O)ccc(O[C@@H](C)C(F)(F)F)c1C(=O)N1CC(c2ccc([N+](=O)[O-])cc2)C1. The van der Waals surface area contributed by atoms with E-state index in [4.69, 9.17) is 9.47 Å². The maximum absolute atomic E-state index is 13.3. The lowest BCUT2D eigenvalue weighted by Gasteiger charge is -2.40. The second-order valence-electron chi connectivity index (χ2n) is 7.80. The van der Waals surface area contributed by atoms with Crippen LogP contribution in [0.25, 0.3) is 0 Å². The van der Waals surface area contributed by atoms with E-state index in [1.54, 1.807) is 12.1 Å². The van der Waals surface area contributed by atoms with E-state index in [1.807, 2.05) is 0 Å². The quantitative estimate of drug-likeness (QED) is 0.420. The van der Waals surface area contributed by atoms with E-state index in [9.17, 15) is 36.5 Å². The number of benzene rings is 2. The Morgan fingerprint density at radius 3 is 2.24 bits per heavy atom. The highest BCUT2D eigenvalue weighted by Gasteiger charge is 2.41. The van der Waals surface area contributed by atoms with Crippen molar-refractivity contribution in [2.45, 2.75) is 30.0 Å². The zero-order valence-electron chi connectivity index (χ0n) is 18.3. The Balaban J connectivity index is 1.93. The van der Waals surface area contributed by atoms with Crippen LogP contribution in [-0.2, 0) is 9.84 Å². The first-order valence-electron chi connectivity index (χ1n) is 9.92. The van der Waals surface area contributed by atoms with Gasteiger partial charge in [-0.2, -0.15) is 13.2 Å². The molecule has 1 atom stereocenters. The summed E-state index contributed by atoms with van der Waals surface area (Å²) in [5.41, 5.74) is 0.233. The number of nitro groups is 1. The molecule has 1 aliphatic rings. The van der Waals surface area contributed by atoms with E-state index in [0.717, 1.165) is 38.0 Å². The van der Waals surface area contributed by atoms with Gasteiger partial charge in [0, 0.05) is 37.4 Å². The third kappa shape index (κ3) is 5.08. The molecule has 1 amide bonds. The van der Waals surface area contributed by atoms with Crippen molar-refractivity contribution in [1.29, 1.82) is 0 Å². The number of sulfone groups is 1. The summed E-state index contributed by atoms with van der Waals surface area (Å²) in [4.78, 5) is 24.5. The largest absolute Gasteiger partial charge is 0.494 e. The van der Waals surface area contributed by atoms with Crippen LogP contribution < -0.4 is 9.47 Å². The number of carbonyl (C=O) groups is 1. The molecular formula is C21H21F3N2O7S. The van der Waals surface area contributed by atoms with Crippen molar-refractivity contribution in [3.8, 4) is 11.5 Å². The van der Waals surface area contributed by atoms with Crippen LogP contribution in [0.3, 0.4) is 0 Å². The predicted octanol–water partition coefficient (Wildman–Crippen LogP) is 3.58. The van der Waals surface area contributed by atoms with E-state index in [2.05, 4.69) is 0 Å². The van der Waals surface area contributed by atoms with Gasteiger partial charge in [0.1, 0.15) is 16.2 Å². The van der Waals surface area contributed by atoms with E-state index >= 15 is 0 Å². The fraction of sp³-hybridized carbons (Fsp3) is 0.381. The van der Waals surface area contributed by atoms with Crippen molar-refractivity contribution in [2.75, 3.05) is 26.5 Å². The van der Waals surface area contributed by atoms with Crippen LogP contribution in [0.1, 0.15) is 28.8 Å². The Morgan fingerprint density at radius 2 is 1.76 bits per heavy atom. The maximum Gasteiger partial charge on any atom is 0.425 e. The summed E-state index contributed by atoms with van der Waals surface area (Å²) in [6.07, 6.45) is -6.11. The second-order valence-corrected chi connectivity index (χ2v) is 9.78. The minimum atomic E-state index is -4.72. The summed E-state index contributed by atoms with van der Waals surface area (Å²) in [7, 11) is -2.78. The van der Waals surface area contributed by atoms with Gasteiger partial charge in [-0.3, -0.25) is 14.9 Å². The first-order chi connectivity index (χ1) is 15.7. The number of hydrogen-bond acceptors (Lipinski definition) is 7. The van der Waals surface area contributed by atoms with Crippen LogP contribution >= 0.6 is 0 Å². The topological polar surface area (TPSA) is 116 Å². The Kier molecular flexibility index (Phi) is 6.78. The molecule has 0 aliphatic carbocycles. The third-order valence-corrected chi connectivity index (χ3v) is 6.53. The highest BCUT2D eigenvalue weighted by Crippen LogP contribution is 2.40. The average molecular weight is 502 g/mol. The van der Waals surface area contributed by atoms with Crippen LogP contribution in [0.4, 0.5) is 18.9 Å². The Bertz CT molecular complexity index is 1210. The number of halogens is 3. The first-order valence-corrected chi connectivity index (χ1v) is 11.8. The molecule has 0 unspecified atom stereocenters. The summed E-state index contributed by atoms with van der Waals surface area (Å²) >= 11 is 0. The number of ether oxygens (including phenoxy) is 2. The van der Waals surface area contributed by atoms with Crippen LogP contribution in [0.15, 0.2) is 41.3 Å². The van der Waals surface area contributed by atoms with Gasteiger partial charge in [-0.1, -0.05) is 12.1 Å². The van der Waals surface area contributed by atoms with Crippen LogP contribution in [0, 0.1) is 10.1 Å². The normalized spacial score (nSPS) is 15.4. The van der Waals surface area contributed by atoms with Gasteiger partial charge in [-0.05, 0) is 24.6 Å². The summed E-state index contributed by atoms with van der Waals surface area (Å²) in [6.45, 7) is 1.09. The number of amides is 1. The number of nitro benzene ring substituents is 1. The molecule has 9 nitrogen and oxygen atoms in total. The first kappa shape index (κ1) is 25.3. The summed E-state index contributed by atoms with van der Waals surface area (Å²) in [5.74, 6) is -1.78. The van der Waals surface area contributed by atoms with E-state index < -0.39 is 50.0 Å². The number of carbonyl (C=O) groups excluding carboxylic acids is 1. The molecule has 0 N–H and O–H groups in total. The Morgan fingerprint density at radius 1 is 1.18 bits per heavy atom. The third-order valence-electron chi connectivity index (χ3n) is 5.41. The molecule has 0 radical (unpaired) electrons. The number of methoxy groups -OCH3 is 1. The van der Waals surface area contributed by atoms with E-state index in [1.165, 1.54) is 17.0 Å². The molecule has 1 fully saturated rings. The molecule has 1 saturated heterocycles. The lowest BCUT2D eigenvalue weighted by atomic mass is 9.90. The molecule has 13 heteroatoms. The molecule has 0 aromatic heterocycles. The second kappa shape index (κ2) is 9.12. The zero-order valence-corrected chi connectivity index (χ0v) is 19.1. The lowest BCUT2D eigenvalue weighted by Crippen LogP contribution is -2.48.